The summed E-state index contributed by atoms with van der Waals surface area (Å²) in [6.07, 6.45) is 1.05. The van der Waals surface area contributed by atoms with Gasteiger partial charge in [-0.25, -0.2) is 0 Å². The molecule has 1 aliphatic rings. The van der Waals surface area contributed by atoms with Crippen LogP contribution < -0.4 is 10.6 Å². The molecule has 0 bridgehead atoms. The Labute approximate surface area is 100 Å². The van der Waals surface area contributed by atoms with Gasteiger partial charge in [0.2, 0.25) is 11.8 Å². The maximum Gasteiger partial charge on any atom is 0.240 e. The largest absolute Gasteiger partial charge is 0.381 e. The van der Waals surface area contributed by atoms with Gasteiger partial charge in [-0.05, 0) is 12.8 Å². The van der Waals surface area contributed by atoms with Crippen molar-refractivity contribution in [3.05, 3.63) is 0 Å². The molecule has 0 aromatic heterocycles. The number of nitrogens with one attached hydrogen (secondary N) is 2. The first-order chi connectivity index (χ1) is 8.14. The van der Waals surface area contributed by atoms with Crippen molar-refractivity contribution < 1.29 is 14.3 Å². The standard InChI is InChI=1S/C11H17N3O3/c1-13-9(15)2-5-14-10(16)11(8-12)3-6-17-7-4-11/h2-7H2,1H3,(H,13,15)(H,14,16). The maximum atomic E-state index is 11.9. The Morgan fingerprint density at radius 3 is 2.59 bits per heavy atom. The highest BCUT2D eigenvalue weighted by atomic mass is 16.5. The lowest BCUT2D eigenvalue weighted by Crippen LogP contribution is -2.44. The molecule has 1 aliphatic heterocycles. The van der Waals surface area contributed by atoms with Gasteiger partial charge in [-0.2, -0.15) is 5.26 Å². The summed E-state index contributed by atoms with van der Waals surface area (Å²) in [7, 11) is 1.54. The van der Waals surface area contributed by atoms with Gasteiger partial charge in [0.15, 0.2) is 0 Å². The predicted molar refractivity (Wildman–Crippen MR) is 59.8 cm³/mol. The van der Waals surface area contributed by atoms with Gasteiger partial charge in [0.25, 0.3) is 0 Å². The molecule has 0 aromatic carbocycles. The second-order valence-corrected chi connectivity index (χ2v) is 3.99. The van der Waals surface area contributed by atoms with E-state index in [-0.39, 0.29) is 24.8 Å². The van der Waals surface area contributed by atoms with Crippen LogP contribution >= 0.6 is 0 Å². The van der Waals surface area contributed by atoms with Crippen LogP contribution in [0.3, 0.4) is 0 Å². The third kappa shape index (κ3) is 3.43. The summed E-state index contributed by atoms with van der Waals surface area (Å²) >= 11 is 0. The molecule has 2 N–H and O–H groups in total. The Morgan fingerprint density at radius 2 is 2.06 bits per heavy atom. The Bertz CT molecular complexity index is 329. The van der Waals surface area contributed by atoms with Crippen molar-refractivity contribution in [3.63, 3.8) is 0 Å². The van der Waals surface area contributed by atoms with Crippen LogP contribution in [-0.2, 0) is 14.3 Å². The van der Waals surface area contributed by atoms with Gasteiger partial charge in [-0.15, -0.1) is 0 Å². The fourth-order valence-corrected chi connectivity index (χ4v) is 1.69. The Hall–Kier alpha value is -1.61. The molecule has 94 valence electrons. The van der Waals surface area contributed by atoms with E-state index in [1.54, 1.807) is 7.05 Å². The van der Waals surface area contributed by atoms with Crippen LogP contribution in [0.15, 0.2) is 0 Å². The first-order valence-corrected chi connectivity index (χ1v) is 5.62. The zero-order valence-corrected chi connectivity index (χ0v) is 9.91. The summed E-state index contributed by atoms with van der Waals surface area (Å²) < 4.78 is 5.14. The molecule has 2 amide bonds. The average molecular weight is 239 g/mol. The zero-order chi connectivity index (χ0) is 12.7. The zero-order valence-electron chi connectivity index (χ0n) is 9.91. The lowest BCUT2D eigenvalue weighted by atomic mass is 9.81. The number of carbonyl (C=O) groups excluding carboxylic acids is 2. The topological polar surface area (TPSA) is 91.2 Å². The van der Waals surface area contributed by atoms with Gasteiger partial charge in [-0.3, -0.25) is 9.59 Å². The van der Waals surface area contributed by atoms with Gasteiger partial charge < -0.3 is 15.4 Å². The quantitative estimate of drug-likeness (QED) is 0.695. The van der Waals surface area contributed by atoms with E-state index < -0.39 is 5.41 Å². The monoisotopic (exact) mass is 239 g/mol. The van der Waals surface area contributed by atoms with Gasteiger partial charge in [-0.1, -0.05) is 0 Å². The molecule has 0 saturated carbocycles. The normalized spacial score (nSPS) is 17.9. The minimum absolute atomic E-state index is 0.136. The van der Waals surface area contributed by atoms with E-state index in [0.29, 0.717) is 26.1 Å². The molecule has 0 spiro atoms. The summed E-state index contributed by atoms with van der Waals surface area (Å²) in [6, 6.07) is 2.08. The van der Waals surface area contributed by atoms with E-state index in [9.17, 15) is 9.59 Å². The Kier molecular flexibility index (Phi) is 4.91. The minimum Gasteiger partial charge on any atom is -0.381 e. The average Bonchev–Trinajstić information content (AvgIpc) is 2.39. The third-order valence-corrected chi connectivity index (χ3v) is 2.91. The Morgan fingerprint density at radius 1 is 1.41 bits per heavy atom. The van der Waals surface area contributed by atoms with Crippen molar-refractivity contribution in [3.8, 4) is 6.07 Å². The van der Waals surface area contributed by atoms with Gasteiger partial charge in [0.05, 0.1) is 6.07 Å². The predicted octanol–water partition coefficient (Wildman–Crippen LogP) is -0.441. The highest BCUT2D eigenvalue weighted by Gasteiger charge is 2.40. The van der Waals surface area contributed by atoms with E-state index in [2.05, 4.69) is 16.7 Å². The molecule has 0 atom stereocenters. The number of nitrogens with zero attached hydrogens (tertiary/aromatic N) is 1. The lowest BCUT2D eigenvalue weighted by Gasteiger charge is -2.29. The molecule has 1 rings (SSSR count). The highest BCUT2D eigenvalue weighted by Crippen LogP contribution is 2.29. The lowest BCUT2D eigenvalue weighted by molar-refractivity contribution is -0.132. The van der Waals surface area contributed by atoms with Crippen LogP contribution in [-0.4, -0.2) is 38.6 Å². The summed E-state index contributed by atoms with van der Waals surface area (Å²) in [5.41, 5.74) is -0.985. The molecule has 0 aromatic rings. The summed E-state index contributed by atoms with van der Waals surface area (Å²) in [4.78, 5) is 22.9. The van der Waals surface area contributed by atoms with E-state index >= 15 is 0 Å². The van der Waals surface area contributed by atoms with Crippen LogP contribution in [0.2, 0.25) is 0 Å². The second kappa shape index (κ2) is 6.21. The van der Waals surface area contributed by atoms with Crippen molar-refractivity contribution in [1.29, 1.82) is 5.26 Å². The molecular weight excluding hydrogens is 222 g/mol. The maximum absolute atomic E-state index is 11.9. The number of nitriles is 1. The summed E-state index contributed by atoms with van der Waals surface area (Å²) in [6.45, 7) is 1.11. The van der Waals surface area contributed by atoms with Crippen LogP contribution in [0.25, 0.3) is 0 Å². The van der Waals surface area contributed by atoms with Crippen LogP contribution in [0.5, 0.6) is 0 Å². The first-order valence-electron chi connectivity index (χ1n) is 5.62. The van der Waals surface area contributed by atoms with E-state index in [4.69, 9.17) is 10.00 Å². The summed E-state index contributed by atoms with van der Waals surface area (Å²) in [5.74, 6) is -0.435. The van der Waals surface area contributed by atoms with E-state index in [1.807, 2.05) is 0 Å². The molecule has 1 saturated heterocycles. The van der Waals surface area contributed by atoms with Crippen molar-refractivity contribution in [2.45, 2.75) is 19.3 Å². The van der Waals surface area contributed by atoms with Gasteiger partial charge in [0, 0.05) is 33.2 Å². The number of hydrogen-bond acceptors (Lipinski definition) is 4. The van der Waals surface area contributed by atoms with Gasteiger partial charge >= 0.3 is 0 Å². The van der Waals surface area contributed by atoms with Crippen molar-refractivity contribution in [2.75, 3.05) is 26.8 Å². The van der Waals surface area contributed by atoms with Crippen molar-refractivity contribution in [1.82, 2.24) is 10.6 Å². The molecule has 1 fully saturated rings. The number of rotatable bonds is 4. The summed E-state index contributed by atoms with van der Waals surface area (Å²) in [5, 5.41) is 14.2. The number of carbonyl (C=O) groups is 2. The fraction of sp³-hybridized carbons (Fsp3) is 0.727. The molecule has 0 unspecified atom stereocenters. The number of ether oxygens (including phenoxy) is 1. The smallest absolute Gasteiger partial charge is 0.240 e. The first kappa shape index (κ1) is 13.5. The van der Waals surface area contributed by atoms with Crippen LogP contribution in [0, 0.1) is 16.7 Å². The molecular formula is C11H17N3O3. The highest BCUT2D eigenvalue weighted by molar-refractivity contribution is 5.86. The molecule has 17 heavy (non-hydrogen) atoms. The van der Waals surface area contributed by atoms with Crippen molar-refractivity contribution >= 4 is 11.8 Å². The van der Waals surface area contributed by atoms with Crippen LogP contribution in [0.1, 0.15) is 19.3 Å². The van der Waals surface area contributed by atoms with Crippen LogP contribution in [0.4, 0.5) is 0 Å². The fourth-order valence-electron chi connectivity index (χ4n) is 1.69. The number of hydrogen-bond donors (Lipinski definition) is 2. The number of amides is 2. The molecule has 0 aliphatic carbocycles. The third-order valence-electron chi connectivity index (χ3n) is 2.91. The minimum atomic E-state index is -0.985. The molecule has 0 radical (unpaired) electrons. The van der Waals surface area contributed by atoms with Gasteiger partial charge in [0.1, 0.15) is 5.41 Å². The molecule has 1 heterocycles. The molecule has 6 heteroatoms. The van der Waals surface area contributed by atoms with E-state index in [1.165, 1.54) is 0 Å². The van der Waals surface area contributed by atoms with Crippen molar-refractivity contribution in [2.24, 2.45) is 5.41 Å². The second-order valence-electron chi connectivity index (χ2n) is 3.99. The molecule has 6 nitrogen and oxygen atoms in total. The Balaban J connectivity index is 2.45. The van der Waals surface area contributed by atoms with E-state index in [0.717, 1.165) is 0 Å². The SMILES string of the molecule is CNC(=O)CCNC(=O)C1(C#N)CCOCC1.